The van der Waals surface area contributed by atoms with E-state index in [1.165, 1.54) is 18.6 Å². The SMILES string of the molecule is Cn1c([C@@H]2CCCN2)nc2cc(F)ccc21. The summed E-state index contributed by atoms with van der Waals surface area (Å²) in [5, 5.41) is 3.41. The van der Waals surface area contributed by atoms with Gasteiger partial charge in [-0.2, -0.15) is 0 Å². The molecule has 0 bridgehead atoms. The zero-order chi connectivity index (χ0) is 11.1. The second-order valence-electron chi connectivity index (χ2n) is 4.31. The molecule has 2 aromatic rings. The van der Waals surface area contributed by atoms with Crippen molar-refractivity contribution in [3.05, 3.63) is 29.8 Å². The van der Waals surface area contributed by atoms with Crippen molar-refractivity contribution in [3.8, 4) is 0 Å². The van der Waals surface area contributed by atoms with Gasteiger partial charge in [0, 0.05) is 13.1 Å². The third-order valence-electron chi connectivity index (χ3n) is 3.25. The van der Waals surface area contributed by atoms with Crippen LogP contribution in [0.25, 0.3) is 11.0 Å². The fraction of sp³-hybridized carbons (Fsp3) is 0.417. The first-order valence-corrected chi connectivity index (χ1v) is 5.61. The summed E-state index contributed by atoms with van der Waals surface area (Å²) in [7, 11) is 1.99. The number of aromatic nitrogens is 2. The summed E-state index contributed by atoms with van der Waals surface area (Å²) in [6.45, 7) is 1.04. The van der Waals surface area contributed by atoms with Gasteiger partial charge in [0.05, 0.1) is 17.1 Å². The molecule has 1 aliphatic heterocycles. The summed E-state index contributed by atoms with van der Waals surface area (Å²) in [5.74, 6) is 0.787. The number of hydrogen-bond donors (Lipinski definition) is 1. The van der Waals surface area contributed by atoms with Gasteiger partial charge in [-0.1, -0.05) is 0 Å². The lowest BCUT2D eigenvalue weighted by molar-refractivity contribution is 0.584. The van der Waals surface area contributed by atoms with E-state index in [-0.39, 0.29) is 5.82 Å². The summed E-state index contributed by atoms with van der Waals surface area (Å²) < 4.78 is 15.1. The van der Waals surface area contributed by atoms with Crippen molar-refractivity contribution in [2.45, 2.75) is 18.9 Å². The maximum absolute atomic E-state index is 13.1. The summed E-state index contributed by atoms with van der Waals surface area (Å²) in [4.78, 5) is 4.52. The number of imidazole rings is 1. The summed E-state index contributed by atoms with van der Waals surface area (Å²) in [5.41, 5.74) is 1.73. The number of rotatable bonds is 1. The molecule has 0 aliphatic carbocycles. The van der Waals surface area contributed by atoms with Crippen molar-refractivity contribution < 1.29 is 4.39 Å². The van der Waals surface area contributed by atoms with Crippen molar-refractivity contribution in [1.82, 2.24) is 14.9 Å². The molecule has 0 unspecified atom stereocenters. The monoisotopic (exact) mass is 219 g/mol. The van der Waals surface area contributed by atoms with Crippen LogP contribution in [0.3, 0.4) is 0 Å². The topological polar surface area (TPSA) is 29.9 Å². The van der Waals surface area contributed by atoms with E-state index < -0.39 is 0 Å². The fourth-order valence-corrected chi connectivity index (χ4v) is 2.41. The first-order chi connectivity index (χ1) is 7.75. The lowest BCUT2D eigenvalue weighted by Crippen LogP contribution is -2.16. The van der Waals surface area contributed by atoms with Gasteiger partial charge in [0.1, 0.15) is 11.6 Å². The minimum Gasteiger partial charge on any atom is -0.330 e. The first kappa shape index (κ1) is 9.78. The van der Waals surface area contributed by atoms with Crippen LogP contribution < -0.4 is 5.32 Å². The number of halogens is 1. The number of fused-ring (bicyclic) bond motifs is 1. The van der Waals surface area contributed by atoms with E-state index in [1.54, 1.807) is 6.07 Å². The highest BCUT2D eigenvalue weighted by Crippen LogP contribution is 2.25. The molecular weight excluding hydrogens is 205 g/mol. The lowest BCUT2D eigenvalue weighted by atomic mass is 10.2. The van der Waals surface area contributed by atoms with E-state index in [2.05, 4.69) is 14.9 Å². The number of aryl methyl sites for hydroxylation is 1. The molecule has 0 spiro atoms. The Kier molecular flexibility index (Phi) is 2.17. The van der Waals surface area contributed by atoms with Gasteiger partial charge >= 0.3 is 0 Å². The van der Waals surface area contributed by atoms with Gasteiger partial charge in [-0.05, 0) is 31.5 Å². The number of hydrogen-bond acceptors (Lipinski definition) is 2. The molecule has 0 amide bonds. The molecular formula is C12H14FN3. The van der Waals surface area contributed by atoms with Crippen LogP contribution in [0, 0.1) is 5.82 Å². The minimum atomic E-state index is -0.225. The van der Waals surface area contributed by atoms with Crippen molar-refractivity contribution in [1.29, 1.82) is 0 Å². The van der Waals surface area contributed by atoms with Gasteiger partial charge < -0.3 is 9.88 Å². The molecule has 4 heteroatoms. The zero-order valence-electron chi connectivity index (χ0n) is 9.20. The van der Waals surface area contributed by atoms with Crippen LogP contribution in [0.15, 0.2) is 18.2 Å². The predicted molar refractivity (Wildman–Crippen MR) is 60.6 cm³/mol. The van der Waals surface area contributed by atoms with Crippen LogP contribution >= 0.6 is 0 Å². The van der Waals surface area contributed by atoms with E-state index in [9.17, 15) is 4.39 Å². The van der Waals surface area contributed by atoms with Gasteiger partial charge in [-0.15, -0.1) is 0 Å². The Hall–Kier alpha value is -1.42. The molecule has 2 heterocycles. The molecule has 84 valence electrons. The highest BCUT2D eigenvalue weighted by Gasteiger charge is 2.21. The number of benzene rings is 1. The largest absolute Gasteiger partial charge is 0.330 e. The Morgan fingerprint density at radius 3 is 3.12 bits per heavy atom. The van der Waals surface area contributed by atoms with Crippen LogP contribution in [0.2, 0.25) is 0 Å². The zero-order valence-corrected chi connectivity index (χ0v) is 9.20. The van der Waals surface area contributed by atoms with Crippen LogP contribution in [0.1, 0.15) is 24.7 Å². The van der Waals surface area contributed by atoms with E-state index in [4.69, 9.17) is 0 Å². The van der Waals surface area contributed by atoms with Gasteiger partial charge in [0.25, 0.3) is 0 Å². The molecule has 3 nitrogen and oxygen atoms in total. The van der Waals surface area contributed by atoms with Gasteiger partial charge in [0.2, 0.25) is 0 Å². The van der Waals surface area contributed by atoms with E-state index >= 15 is 0 Å². The second kappa shape index (κ2) is 3.56. The summed E-state index contributed by atoms with van der Waals surface area (Å²) in [6, 6.07) is 5.08. The Morgan fingerprint density at radius 1 is 1.50 bits per heavy atom. The van der Waals surface area contributed by atoms with Crippen molar-refractivity contribution in [2.75, 3.05) is 6.54 Å². The average molecular weight is 219 g/mol. The molecule has 0 radical (unpaired) electrons. The maximum atomic E-state index is 13.1. The molecule has 1 fully saturated rings. The number of nitrogens with zero attached hydrogens (tertiary/aromatic N) is 2. The summed E-state index contributed by atoms with van der Waals surface area (Å²) >= 11 is 0. The average Bonchev–Trinajstić information content (AvgIpc) is 2.86. The van der Waals surface area contributed by atoms with Crippen molar-refractivity contribution in [2.24, 2.45) is 7.05 Å². The quantitative estimate of drug-likeness (QED) is 0.796. The Morgan fingerprint density at radius 2 is 2.38 bits per heavy atom. The van der Waals surface area contributed by atoms with E-state index in [1.807, 2.05) is 7.05 Å². The third kappa shape index (κ3) is 1.41. The van der Waals surface area contributed by atoms with Gasteiger partial charge in [-0.25, -0.2) is 9.37 Å². The smallest absolute Gasteiger partial charge is 0.126 e. The third-order valence-corrected chi connectivity index (χ3v) is 3.25. The first-order valence-electron chi connectivity index (χ1n) is 5.61. The van der Waals surface area contributed by atoms with Gasteiger partial charge in [0.15, 0.2) is 0 Å². The highest BCUT2D eigenvalue weighted by molar-refractivity contribution is 5.76. The molecule has 1 aromatic heterocycles. The van der Waals surface area contributed by atoms with Crippen LogP contribution in [0.4, 0.5) is 4.39 Å². The molecule has 1 atom stereocenters. The second-order valence-corrected chi connectivity index (χ2v) is 4.31. The molecule has 1 aliphatic rings. The van der Waals surface area contributed by atoms with Crippen molar-refractivity contribution in [3.63, 3.8) is 0 Å². The molecule has 3 rings (SSSR count). The van der Waals surface area contributed by atoms with E-state index in [0.717, 1.165) is 29.8 Å². The van der Waals surface area contributed by atoms with Crippen LogP contribution in [-0.4, -0.2) is 16.1 Å². The molecule has 1 saturated heterocycles. The molecule has 1 N–H and O–H groups in total. The fourth-order valence-electron chi connectivity index (χ4n) is 2.41. The standard InChI is InChI=1S/C12H14FN3/c1-16-11-5-4-8(13)7-10(11)15-12(16)9-3-2-6-14-9/h4-5,7,9,14H,2-3,6H2,1H3/t9-/m0/s1. The van der Waals surface area contributed by atoms with Gasteiger partial charge in [-0.3, -0.25) is 0 Å². The maximum Gasteiger partial charge on any atom is 0.126 e. The van der Waals surface area contributed by atoms with Crippen molar-refractivity contribution >= 4 is 11.0 Å². The molecule has 1 aromatic carbocycles. The molecule has 16 heavy (non-hydrogen) atoms. The van der Waals surface area contributed by atoms with E-state index in [0.29, 0.717) is 6.04 Å². The Labute approximate surface area is 93.3 Å². The van der Waals surface area contributed by atoms with Crippen LogP contribution in [0.5, 0.6) is 0 Å². The molecule has 0 saturated carbocycles. The Balaban J connectivity index is 2.14. The predicted octanol–water partition coefficient (Wildman–Crippen LogP) is 2.14. The minimum absolute atomic E-state index is 0.225. The van der Waals surface area contributed by atoms with Crippen LogP contribution in [-0.2, 0) is 7.05 Å². The lowest BCUT2D eigenvalue weighted by Gasteiger charge is -2.09. The Bertz CT molecular complexity index is 526. The highest BCUT2D eigenvalue weighted by atomic mass is 19.1. The summed E-state index contributed by atoms with van der Waals surface area (Å²) in [6.07, 6.45) is 2.29. The number of nitrogens with one attached hydrogen (secondary N) is 1. The normalized spacial score (nSPS) is 20.8.